The number of fused-ring (bicyclic) bond motifs is 2. The van der Waals surface area contributed by atoms with Crippen LogP contribution >= 0.6 is 11.8 Å². The average Bonchev–Trinajstić information content (AvgIpc) is 2.84. The van der Waals surface area contributed by atoms with Gasteiger partial charge in [-0.05, 0) is 36.1 Å². The Morgan fingerprint density at radius 1 is 0.838 bits per heavy atom. The van der Waals surface area contributed by atoms with Crippen LogP contribution in [0.4, 0.5) is 11.4 Å². The van der Waals surface area contributed by atoms with Crippen molar-refractivity contribution in [3.8, 4) is 0 Å². The topological polar surface area (TPSA) is 92.3 Å². The van der Waals surface area contributed by atoms with Crippen molar-refractivity contribution in [2.24, 2.45) is 5.41 Å². The molecule has 1 atom stereocenters. The number of rotatable bonds is 7. The van der Waals surface area contributed by atoms with E-state index in [1.165, 1.54) is 11.8 Å². The van der Waals surface area contributed by atoms with Crippen LogP contribution in [0.25, 0.3) is 0 Å². The van der Waals surface area contributed by atoms with E-state index in [1.807, 2.05) is 52.0 Å². The normalized spacial score (nSPS) is 13.4. The lowest BCUT2D eigenvalue weighted by Crippen LogP contribution is -2.28. The van der Waals surface area contributed by atoms with Crippen molar-refractivity contribution in [3.05, 3.63) is 89.0 Å². The molecule has 1 aliphatic carbocycles. The fourth-order valence-electron chi connectivity index (χ4n) is 4.28. The van der Waals surface area contributed by atoms with E-state index in [2.05, 4.69) is 10.6 Å². The zero-order valence-electron chi connectivity index (χ0n) is 21.4. The first-order valence-corrected chi connectivity index (χ1v) is 13.1. The van der Waals surface area contributed by atoms with Crippen molar-refractivity contribution in [1.29, 1.82) is 0 Å². The van der Waals surface area contributed by atoms with Crippen LogP contribution in [-0.2, 0) is 9.59 Å². The lowest BCUT2D eigenvalue weighted by molar-refractivity contribution is -0.118. The predicted octanol–water partition coefficient (Wildman–Crippen LogP) is 6.35. The predicted molar refractivity (Wildman–Crippen MR) is 147 cm³/mol. The molecule has 2 amide bonds. The van der Waals surface area contributed by atoms with Gasteiger partial charge in [-0.2, -0.15) is 0 Å². The Bertz CT molecular complexity index is 1390. The van der Waals surface area contributed by atoms with Crippen molar-refractivity contribution in [2.75, 3.05) is 10.6 Å². The number of ketones is 2. The Labute approximate surface area is 221 Å². The number of carbonyl (C=O) groups is 4. The number of carbonyl (C=O) groups excluding carboxylic acids is 4. The molecule has 0 fully saturated rings. The number of hydrogen-bond donors (Lipinski definition) is 2. The fraction of sp³-hybridized carbons (Fsp3) is 0.267. The largest absolute Gasteiger partial charge is 0.326 e. The zero-order chi connectivity index (χ0) is 26.7. The van der Waals surface area contributed by atoms with Crippen LogP contribution in [0.5, 0.6) is 0 Å². The van der Waals surface area contributed by atoms with E-state index >= 15 is 0 Å². The monoisotopic (exact) mass is 514 g/mol. The second kappa shape index (κ2) is 10.7. The van der Waals surface area contributed by atoms with Gasteiger partial charge < -0.3 is 10.6 Å². The van der Waals surface area contributed by atoms with Gasteiger partial charge in [-0.1, -0.05) is 70.2 Å². The Morgan fingerprint density at radius 3 is 2.16 bits per heavy atom. The van der Waals surface area contributed by atoms with Crippen LogP contribution < -0.4 is 10.6 Å². The minimum Gasteiger partial charge on any atom is -0.326 e. The van der Waals surface area contributed by atoms with Gasteiger partial charge in [-0.15, -0.1) is 11.8 Å². The summed E-state index contributed by atoms with van der Waals surface area (Å²) >= 11 is 1.38. The molecule has 0 saturated heterocycles. The molecule has 0 spiro atoms. The first kappa shape index (κ1) is 26.4. The van der Waals surface area contributed by atoms with Crippen LogP contribution in [0.1, 0.15) is 72.4 Å². The summed E-state index contributed by atoms with van der Waals surface area (Å²) in [4.78, 5) is 52.7. The summed E-state index contributed by atoms with van der Waals surface area (Å²) < 4.78 is 0. The van der Waals surface area contributed by atoms with Crippen LogP contribution in [0.2, 0.25) is 0 Å². The molecule has 0 radical (unpaired) electrons. The van der Waals surface area contributed by atoms with Gasteiger partial charge in [-0.3, -0.25) is 19.2 Å². The van der Waals surface area contributed by atoms with Crippen LogP contribution in [-0.4, -0.2) is 28.6 Å². The highest BCUT2D eigenvalue weighted by molar-refractivity contribution is 8.00. The molecule has 190 valence electrons. The second-order valence-electron chi connectivity index (χ2n) is 10.2. The summed E-state index contributed by atoms with van der Waals surface area (Å²) in [5.41, 5.74) is 2.12. The van der Waals surface area contributed by atoms with Gasteiger partial charge in [0.1, 0.15) is 0 Å². The van der Waals surface area contributed by atoms with Crippen LogP contribution in [0.15, 0.2) is 71.6 Å². The first-order valence-electron chi connectivity index (χ1n) is 12.3. The summed E-state index contributed by atoms with van der Waals surface area (Å²) in [6.45, 7) is 7.94. The molecule has 1 aliphatic rings. The molecule has 1 unspecified atom stereocenters. The highest BCUT2D eigenvalue weighted by Crippen LogP contribution is 2.33. The third kappa shape index (κ3) is 6.00. The van der Waals surface area contributed by atoms with E-state index in [0.717, 1.165) is 4.90 Å². The third-order valence-corrected chi connectivity index (χ3v) is 7.32. The van der Waals surface area contributed by atoms with E-state index < -0.39 is 5.25 Å². The van der Waals surface area contributed by atoms with E-state index in [9.17, 15) is 19.2 Å². The maximum atomic E-state index is 13.3. The molecule has 0 bridgehead atoms. The summed E-state index contributed by atoms with van der Waals surface area (Å²) in [6, 6.07) is 19.1. The minimum absolute atomic E-state index is 0.0610. The highest BCUT2D eigenvalue weighted by atomic mass is 32.2. The molecule has 7 heteroatoms. The highest BCUT2D eigenvalue weighted by Gasteiger charge is 2.32. The molecule has 3 aromatic carbocycles. The minimum atomic E-state index is -0.446. The van der Waals surface area contributed by atoms with Gasteiger partial charge in [0.05, 0.1) is 16.5 Å². The molecular weight excluding hydrogens is 484 g/mol. The molecule has 37 heavy (non-hydrogen) atoms. The molecule has 2 N–H and O–H groups in total. The van der Waals surface area contributed by atoms with E-state index in [1.54, 1.807) is 42.5 Å². The molecule has 0 heterocycles. The van der Waals surface area contributed by atoms with Crippen molar-refractivity contribution >= 4 is 46.5 Å². The van der Waals surface area contributed by atoms with Gasteiger partial charge in [0.2, 0.25) is 11.8 Å². The average molecular weight is 515 g/mol. The molecular formula is C30H30N2O4S. The second-order valence-corrected chi connectivity index (χ2v) is 11.5. The standard InChI is InChI=1S/C30H30N2O4S/c1-5-24(37-19-11-8-10-18(16-19)31-25(33)17-30(2,3)4)29(36)32-23-15-9-14-22-26(23)28(35)21-13-7-6-12-20(21)27(22)34/h6-16,24H,5,17H2,1-4H3,(H,31,33)(H,32,36). The number of anilines is 2. The number of amides is 2. The molecule has 0 aliphatic heterocycles. The summed E-state index contributed by atoms with van der Waals surface area (Å²) in [7, 11) is 0. The summed E-state index contributed by atoms with van der Waals surface area (Å²) in [5.74, 6) is -0.829. The Hall–Kier alpha value is -3.71. The Balaban J connectivity index is 1.51. The Kier molecular flexibility index (Phi) is 7.64. The fourth-order valence-corrected chi connectivity index (χ4v) is 5.30. The molecule has 6 nitrogen and oxygen atoms in total. The zero-order valence-corrected chi connectivity index (χ0v) is 22.2. The molecule has 4 rings (SSSR count). The van der Waals surface area contributed by atoms with Crippen molar-refractivity contribution < 1.29 is 19.2 Å². The van der Waals surface area contributed by atoms with E-state index in [0.29, 0.717) is 40.9 Å². The summed E-state index contributed by atoms with van der Waals surface area (Å²) in [6.07, 6.45) is 0.944. The smallest absolute Gasteiger partial charge is 0.237 e. The molecule has 0 saturated carbocycles. The lowest BCUT2D eigenvalue weighted by atomic mass is 9.83. The van der Waals surface area contributed by atoms with Crippen LogP contribution in [0.3, 0.4) is 0 Å². The number of hydrogen-bond acceptors (Lipinski definition) is 5. The van der Waals surface area contributed by atoms with Gasteiger partial charge in [0, 0.05) is 33.7 Å². The van der Waals surface area contributed by atoms with Crippen molar-refractivity contribution in [2.45, 2.75) is 50.7 Å². The molecule has 3 aromatic rings. The van der Waals surface area contributed by atoms with Crippen molar-refractivity contribution in [3.63, 3.8) is 0 Å². The van der Waals surface area contributed by atoms with Crippen LogP contribution in [0, 0.1) is 5.41 Å². The maximum absolute atomic E-state index is 13.3. The number of nitrogens with one attached hydrogen (secondary N) is 2. The third-order valence-electron chi connectivity index (χ3n) is 5.96. The quantitative estimate of drug-likeness (QED) is 0.281. The summed E-state index contributed by atoms with van der Waals surface area (Å²) in [5, 5.41) is 5.38. The maximum Gasteiger partial charge on any atom is 0.237 e. The number of thioether (sulfide) groups is 1. The van der Waals surface area contributed by atoms with E-state index in [4.69, 9.17) is 0 Å². The lowest BCUT2D eigenvalue weighted by Gasteiger charge is -2.22. The van der Waals surface area contributed by atoms with E-state index in [-0.39, 0.29) is 34.4 Å². The first-order chi connectivity index (χ1) is 17.6. The Morgan fingerprint density at radius 2 is 1.49 bits per heavy atom. The van der Waals surface area contributed by atoms with Gasteiger partial charge >= 0.3 is 0 Å². The molecule has 0 aromatic heterocycles. The number of benzene rings is 3. The van der Waals surface area contributed by atoms with Gasteiger partial charge in [0.15, 0.2) is 11.6 Å². The van der Waals surface area contributed by atoms with Crippen molar-refractivity contribution in [1.82, 2.24) is 0 Å². The van der Waals surface area contributed by atoms with Gasteiger partial charge in [-0.25, -0.2) is 0 Å². The van der Waals surface area contributed by atoms with Gasteiger partial charge in [0.25, 0.3) is 0 Å². The SMILES string of the molecule is CCC(Sc1cccc(NC(=O)CC(C)(C)C)c1)C(=O)Nc1cccc2c1C(=O)c1ccccc1C2=O.